The summed E-state index contributed by atoms with van der Waals surface area (Å²) in [6.45, 7) is 1.42. The Kier molecular flexibility index (Phi) is 8.08. The van der Waals surface area contributed by atoms with Gasteiger partial charge in [-0.3, -0.25) is 4.79 Å². The summed E-state index contributed by atoms with van der Waals surface area (Å²) < 4.78 is 5.46. The van der Waals surface area contributed by atoms with Crippen molar-refractivity contribution in [2.45, 2.75) is 18.9 Å². The van der Waals surface area contributed by atoms with Gasteiger partial charge in [0, 0.05) is 25.2 Å². The summed E-state index contributed by atoms with van der Waals surface area (Å²) in [5, 5.41) is 4.27. The van der Waals surface area contributed by atoms with Crippen LogP contribution in [0.25, 0.3) is 0 Å². The van der Waals surface area contributed by atoms with Crippen LogP contribution in [-0.4, -0.2) is 43.6 Å². The molecule has 1 aliphatic rings. The molecule has 1 heterocycles. The number of carbonyl (C=O) groups is 1. The van der Waals surface area contributed by atoms with Crippen molar-refractivity contribution in [2.75, 3.05) is 26.7 Å². The molecule has 0 aliphatic carbocycles. The number of nitrogens with zero attached hydrogens (tertiary/aromatic N) is 1. The predicted molar refractivity (Wildman–Crippen MR) is 92.9 cm³/mol. The van der Waals surface area contributed by atoms with Crippen molar-refractivity contribution < 1.29 is 9.53 Å². The molecule has 0 spiro atoms. The molecule has 8 heteroatoms. The molecule has 2 rings (SSSR count). The number of ether oxygens (including phenoxy) is 1. The average Bonchev–Trinajstić information content (AvgIpc) is 2.49. The number of nitrogens with one attached hydrogen (secondary N) is 1. The molecule has 0 unspecified atom stereocenters. The van der Waals surface area contributed by atoms with Crippen molar-refractivity contribution in [2.24, 2.45) is 0 Å². The standard InChI is InChI=1S/C14H17Cl3N2O2.ClH/c1-18-9-2-4-19(5-3-9)14(20)8-21-13-7-11(16)10(15)6-12(13)17;/h6-7,9,18H,2-5,8H2,1H3;1H. The van der Waals surface area contributed by atoms with Gasteiger partial charge in [0.2, 0.25) is 0 Å². The Morgan fingerprint density at radius 1 is 1.23 bits per heavy atom. The fourth-order valence-electron chi connectivity index (χ4n) is 2.26. The molecular weight excluding hydrogens is 370 g/mol. The van der Waals surface area contributed by atoms with E-state index in [1.54, 1.807) is 4.90 Å². The van der Waals surface area contributed by atoms with Gasteiger partial charge in [-0.2, -0.15) is 0 Å². The number of piperidine rings is 1. The maximum Gasteiger partial charge on any atom is 0.260 e. The smallest absolute Gasteiger partial charge is 0.260 e. The molecule has 1 amide bonds. The number of carbonyl (C=O) groups excluding carboxylic acids is 1. The summed E-state index contributed by atoms with van der Waals surface area (Å²) in [5.41, 5.74) is 0. The lowest BCUT2D eigenvalue weighted by Crippen LogP contribution is -2.45. The first kappa shape index (κ1) is 19.7. The molecule has 124 valence electrons. The normalized spacial score (nSPS) is 15.4. The topological polar surface area (TPSA) is 41.6 Å². The highest BCUT2D eigenvalue weighted by molar-refractivity contribution is 6.43. The van der Waals surface area contributed by atoms with Crippen LogP contribution in [0.4, 0.5) is 0 Å². The lowest BCUT2D eigenvalue weighted by Gasteiger charge is -2.31. The van der Waals surface area contributed by atoms with Crippen LogP contribution in [-0.2, 0) is 4.79 Å². The zero-order valence-corrected chi connectivity index (χ0v) is 15.2. The van der Waals surface area contributed by atoms with E-state index in [0.717, 1.165) is 25.9 Å². The number of benzene rings is 1. The second-order valence-electron chi connectivity index (χ2n) is 4.93. The minimum absolute atomic E-state index is 0. The predicted octanol–water partition coefficient (Wildman–Crippen LogP) is 3.66. The van der Waals surface area contributed by atoms with Gasteiger partial charge in [0.1, 0.15) is 5.75 Å². The van der Waals surface area contributed by atoms with Crippen LogP contribution in [0, 0.1) is 0 Å². The lowest BCUT2D eigenvalue weighted by atomic mass is 10.1. The second kappa shape index (κ2) is 9.04. The molecule has 1 fully saturated rings. The number of amides is 1. The fraction of sp³-hybridized carbons (Fsp3) is 0.500. The Bertz CT molecular complexity index is 520. The second-order valence-corrected chi connectivity index (χ2v) is 6.15. The van der Waals surface area contributed by atoms with Crippen molar-refractivity contribution in [1.82, 2.24) is 10.2 Å². The summed E-state index contributed by atoms with van der Waals surface area (Å²) >= 11 is 17.8. The van der Waals surface area contributed by atoms with Crippen LogP contribution < -0.4 is 10.1 Å². The molecule has 1 aromatic carbocycles. The van der Waals surface area contributed by atoms with Gasteiger partial charge in [0.15, 0.2) is 6.61 Å². The minimum atomic E-state index is -0.0537. The van der Waals surface area contributed by atoms with E-state index in [-0.39, 0.29) is 24.9 Å². The molecule has 1 saturated heterocycles. The first-order valence-corrected chi connectivity index (χ1v) is 7.87. The molecule has 0 radical (unpaired) electrons. The fourth-order valence-corrected chi connectivity index (χ4v) is 2.85. The van der Waals surface area contributed by atoms with Crippen molar-refractivity contribution >= 4 is 53.1 Å². The van der Waals surface area contributed by atoms with Crippen LogP contribution in [0.2, 0.25) is 15.1 Å². The Hall–Kier alpha value is -0.390. The SMILES string of the molecule is CNC1CCN(C(=O)COc2cc(Cl)c(Cl)cc2Cl)CC1.Cl. The number of hydrogen-bond donors (Lipinski definition) is 1. The summed E-state index contributed by atoms with van der Waals surface area (Å²) in [7, 11) is 1.94. The van der Waals surface area contributed by atoms with E-state index in [1.807, 2.05) is 7.05 Å². The third-order valence-corrected chi connectivity index (χ3v) is 4.60. The highest BCUT2D eigenvalue weighted by Gasteiger charge is 2.22. The van der Waals surface area contributed by atoms with Gasteiger partial charge in [0.05, 0.1) is 15.1 Å². The van der Waals surface area contributed by atoms with Gasteiger partial charge in [-0.25, -0.2) is 0 Å². The number of hydrogen-bond acceptors (Lipinski definition) is 3. The molecule has 0 saturated carbocycles. The minimum Gasteiger partial charge on any atom is -0.482 e. The van der Waals surface area contributed by atoms with Crippen LogP contribution >= 0.6 is 47.2 Å². The van der Waals surface area contributed by atoms with Crippen molar-refractivity contribution in [3.05, 3.63) is 27.2 Å². The average molecular weight is 388 g/mol. The van der Waals surface area contributed by atoms with E-state index in [9.17, 15) is 4.79 Å². The van der Waals surface area contributed by atoms with E-state index in [2.05, 4.69) is 5.32 Å². The quantitative estimate of drug-likeness (QED) is 0.801. The third-order valence-electron chi connectivity index (χ3n) is 3.58. The Labute approximate surface area is 151 Å². The molecule has 0 aromatic heterocycles. The zero-order chi connectivity index (χ0) is 15.4. The van der Waals surface area contributed by atoms with E-state index < -0.39 is 0 Å². The number of halogens is 4. The van der Waals surface area contributed by atoms with Crippen LogP contribution in [0.15, 0.2) is 12.1 Å². The summed E-state index contributed by atoms with van der Waals surface area (Å²) in [4.78, 5) is 13.9. The van der Waals surface area contributed by atoms with Crippen LogP contribution in [0.1, 0.15) is 12.8 Å². The third kappa shape index (κ3) is 5.07. The molecule has 1 aliphatic heterocycles. The monoisotopic (exact) mass is 386 g/mol. The van der Waals surface area contributed by atoms with Gasteiger partial charge in [-0.15, -0.1) is 12.4 Å². The first-order chi connectivity index (χ1) is 10.0. The molecule has 0 bridgehead atoms. The van der Waals surface area contributed by atoms with E-state index >= 15 is 0 Å². The Morgan fingerprint density at radius 3 is 2.41 bits per heavy atom. The van der Waals surface area contributed by atoms with Crippen molar-refractivity contribution in [1.29, 1.82) is 0 Å². The van der Waals surface area contributed by atoms with Gasteiger partial charge in [-0.1, -0.05) is 34.8 Å². The van der Waals surface area contributed by atoms with Gasteiger partial charge in [0.25, 0.3) is 5.91 Å². The summed E-state index contributed by atoms with van der Waals surface area (Å²) in [6.07, 6.45) is 1.91. The lowest BCUT2D eigenvalue weighted by molar-refractivity contribution is -0.134. The van der Waals surface area contributed by atoms with E-state index in [1.165, 1.54) is 12.1 Å². The van der Waals surface area contributed by atoms with Crippen molar-refractivity contribution in [3.8, 4) is 5.75 Å². The molecular formula is C14H18Cl4N2O2. The zero-order valence-electron chi connectivity index (χ0n) is 12.1. The van der Waals surface area contributed by atoms with Gasteiger partial charge < -0.3 is 15.0 Å². The highest BCUT2D eigenvalue weighted by Crippen LogP contribution is 2.33. The van der Waals surface area contributed by atoms with Crippen molar-refractivity contribution in [3.63, 3.8) is 0 Å². The largest absolute Gasteiger partial charge is 0.482 e. The van der Waals surface area contributed by atoms with Crippen LogP contribution in [0.3, 0.4) is 0 Å². The van der Waals surface area contributed by atoms with Gasteiger partial charge >= 0.3 is 0 Å². The molecule has 1 N–H and O–H groups in total. The first-order valence-electron chi connectivity index (χ1n) is 6.73. The maximum absolute atomic E-state index is 12.1. The van der Waals surface area contributed by atoms with Gasteiger partial charge in [-0.05, 0) is 26.0 Å². The summed E-state index contributed by atoms with van der Waals surface area (Å²) in [6, 6.07) is 3.51. The Balaban J connectivity index is 0.00000242. The van der Waals surface area contributed by atoms with E-state index in [4.69, 9.17) is 39.5 Å². The molecule has 4 nitrogen and oxygen atoms in total. The Morgan fingerprint density at radius 2 is 1.82 bits per heavy atom. The highest BCUT2D eigenvalue weighted by atomic mass is 35.5. The maximum atomic E-state index is 12.1. The number of likely N-dealkylation sites (tertiary alicyclic amines) is 1. The van der Waals surface area contributed by atoms with Crippen LogP contribution in [0.5, 0.6) is 5.75 Å². The molecule has 1 aromatic rings. The summed E-state index contributed by atoms with van der Waals surface area (Å²) in [5.74, 6) is 0.316. The molecule has 22 heavy (non-hydrogen) atoms. The molecule has 0 atom stereocenters. The number of rotatable bonds is 4. The van der Waals surface area contributed by atoms with E-state index in [0.29, 0.717) is 26.9 Å².